The van der Waals surface area contributed by atoms with Crippen LogP contribution in [0.3, 0.4) is 0 Å². The quantitative estimate of drug-likeness (QED) is 0.494. The molecule has 4 rings (SSSR count). The van der Waals surface area contributed by atoms with Crippen molar-refractivity contribution in [1.82, 2.24) is 9.78 Å². The first-order chi connectivity index (χ1) is 13.2. The van der Waals surface area contributed by atoms with Gasteiger partial charge in [0.15, 0.2) is 23.9 Å². The van der Waals surface area contributed by atoms with Gasteiger partial charge in [-0.25, -0.2) is 4.68 Å². The van der Waals surface area contributed by atoms with Gasteiger partial charge < -0.3 is 14.2 Å². The number of benzene rings is 2. The molecule has 7 nitrogen and oxygen atoms in total. The highest BCUT2D eigenvalue weighted by Gasteiger charge is 2.17. The molecule has 0 amide bonds. The van der Waals surface area contributed by atoms with Crippen LogP contribution in [0.15, 0.2) is 60.9 Å². The van der Waals surface area contributed by atoms with Crippen LogP contribution in [0.25, 0.3) is 5.69 Å². The van der Waals surface area contributed by atoms with E-state index in [1.807, 2.05) is 30.3 Å². The number of hydrogen-bond acceptors (Lipinski definition) is 6. The summed E-state index contributed by atoms with van der Waals surface area (Å²) in [6, 6.07) is 14.4. The van der Waals surface area contributed by atoms with Gasteiger partial charge >= 0.3 is 5.97 Å². The molecule has 0 saturated heterocycles. The van der Waals surface area contributed by atoms with Crippen LogP contribution in [-0.4, -0.2) is 34.9 Å². The van der Waals surface area contributed by atoms with Crippen molar-refractivity contribution in [2.24, 2.45) is 0 Å². The summed E-state index contributed by atoms with van der Waals surface area (Å²) < 4.78 is 17.2. The van der Waals surface area contributed by atoms with Crippen LogP contribution in [0, 0.1) is 0 Å². The number of para-hydroxylation sites is 1. The maximum Gasteiger partial charge on any atom is 0.310 e. The van der Waals surface area contributed by atoms with Crippen molar-refractivity contribution >= 4 is 11.8 Å². The number of ether oxygens (including phenoxy) is 3. The summed E-state index contributed by atoms with van der Waals surface area (Å²) in [5.74, 6) is 0.317. The van der Waals surface area contributed by atoms with Crippen molar-refractivity contribution in [1.29, 1.82) is 0 Å². The van der Waals surface area contributed by atoms with Crippen LogP contribution in [0.4, 0.5) is 0 Å². The minimum Gasteiger partial charge on any atom is -0.457 e. The molecule has 0 atom stereocenters. The molecular formula is C20H16N2O5. The van der Waals surface area contributed by atoms with Gasteiger partial charge in [0.1, 0.15) is 0 Å². The Balaban J connectivity index is 1.32. The average Bonchev–Trinajstić information content (AvgIpc) is 3.35. The zero-order valence-corrected chi connectivity index (χ0v) is 14.3. The molecule has 3 aromatic rings. The molecule has 0 fully saturated rings. The Morgan fingerprint density at radius 1 is 1.07 bits per heavy atom. The maximum absolute atomic E-state index is 12.2. The van der Waals surface area contributed by atoms with E-state index in [0.717, 1.165) is 5.69 Å². The molecule has 1 aliphatic heterocycles. The first-order valence-electron chi connectivity index (χ1n) is 8.36. The monoisotopic (exact) mass is 364 g/mol. The Hall–Kier alpha value is -3.61. The topological polar surface area (TPSA) is 79.7 Å². The molecule has 7 heteroatoms. The van der Waals surface area contributed by atoms with E-state index in [1.54, 1.807) is 35.3 Å². The highest BCUT2D eigenvalue weighted by Crippen LogP contribution is 2.32. The minimum atomic E-state index is -0.489. The maximum atomic E-state index is 12.2. The van der Waals surface area contributed by atoms with Gasteiger partial charge in [0.25, 0.3) is 0 Å². The largest absolute Gasteiger partial charge is 0.457 e. The van der Waals surface area contributed by atoms with Gasteiger partial charge in [-0.05, 0) is 30.3 Å². The lowest BCUT2D eigenvalue weighted by Gasteiger charge is -2.04. The summed E-state index contributed by atoms with van der Waals surface area (Å²) >= 11 is 0. The first kappa shape index (κ1) is 16.8. The second kappa shape index (κ2) is 7.33. The van der Waals surface area contributed by atoms with Crippen LogP contribution >= 0.6 is 0 Å². The van der Waals surface area contributed by atoms with Crippen LogP contribution in [0.2, 0.25) is 0 Å². The molecule has 1 aliphatic rings. The van der Waals surface area contributed by atoms with Gasteiger partial charge in [0.2, 0.25) is 6.79 Å². The third-order valence-electron chi connectivity index (χ3n) is 4.06. The Bertz CT molecular complexity index is 981. The molecule has 2 aromatic carbocycles. The van der Waals surface area contributed by atoms with Gasteiger partial charge in [0.05, 0.1) is 18.3 Å². The number of fused-ring (bicyclic) bond motifs is 1. The summed E-state index contributed by atoms with van der Waals surface area (Å²) in [5, 5.41) is 4.23. The second-order valence-electron chi connectivity index (χ2n) is 5.96. The smallest absolute Gasteiger partial charge is 0.310 e. The number of aromatic nitrogens is 2. The van der Waals surface area contributed by atoms with Crippen molar-refractivity contribution in [3.8, 4) is 17.2 Å². The van der Waals surface area contributed by atoms with Crippen molar-refractivity contribution in [3.63, 3.8) is 0 Å². The van der Waals surface area contributed by atoms with Crippen LogP contribution in [0.5, 0.6) is 11.5 Å². The molecule has 1 aromatic heterocycles. The number of carbonyl (C=O) groups is 2. The van der Waals surface area contributed by atoms with Crippen molar-refractivity contribution < 1.29 is 23.8 Å². The fourth-order valence-corrected chi connectivity index (χ4v) is 2.69. The molecule has 0 bridgehead atoms. The van der Waals surface area contributed by atoms with E-state index in [0.29, 0.717) is 22.6 Å². The fourth-order valence-electron chi connectivity index (χ4n) is 2.69. The van der Waals surface area contributed by atoms with E-state index < -0.39 is 5.97 Å². The lowest BCUT2D eigenvalue weighted by atomic mass is 10.1. The SMILES string of the molecule is O=C(Cc1cnn(-c2ccccc2)c1)OCC(=O)c1ccc2c(c1)OCO2. The number of esters is 1. The van der Waals surface area contributed by atoms with Gasteiger partial charge in [-0.3, -0.25) is 9.59 Å². The molecular weight excluding hydrogens is 348 g/mol. The molecule has 0 radical (unpaired) electrons. The summed E-state index contributed by atoms with van der Waals surface area (Å²) in [5.41, 5.74) is 2.01. The second-order valence-corrected chi connectivity index (χ2v) is 5.96. The molecule has 136 valence electrons. The lowest BCUT2D eigenvalue weighted by Crippen LogP contribution is -2.15. The zero-order chi connectivity index (χ0) is 18.6. The standard InChI is InChI=1S/C20H16N2O5/c23-17(15-6-7-18-19(9-15)27-13-26-18)12-25-20(24)8-14-10-21-22(11-14)16-4-2-1-3-5-16/h1-7,9-11H,8,12-13H2. The molecule has 0 N–H and O–H groups in total. The normalized spacial score (nSPS) is 12.0. The van der Waals surface area contributed by atoms with E-state index in [9.17, 15) is 9.59 Å². The van der Waals surface area contributed by atoms with Crippen molar-refractivity contribution in [3.05, 3.63) is 72.1 Å². The van der Waals surface area contributed by atoms with E-state index in [-0.39, 0.29) is 25.6 Å². The van der Waals surface area contributed by atoms with Crippen molar-refractivity contribution in [2.45, 2.75) is 6.42 Å². The summed E-state index contributed by atoms with van der Waals surface area (Å²) in [6.07, 6.45) is 3.41. The Morgan fingerprint density at radius 2 is 1.89 bits per heavy atom. The zero-order valence-electron chi connectivity index (χ0n) is 14.3. The number of nitrogens with zero attached hydrogens (tertiary/aromatic N) is 2. The number of rotatable bonds is 6. The van der Waals surface area contributed by atoms with Crippen molar-refractivity contribution in [2.75, 3.05) is 13.4 Å². The van der Waals surface area contributed by atoms with E-state index >= 15 is 0 Å². The third-order valence-corrected chi connectivity index (χ3v) is 4.06. The predicted octanol–water partition coefficient (Wildman–Crippen LogP) is 2.57. The minimum absolute atomic E-state index is 0.0429. The Morgan fingerprint density at radius 3 is 2.74 bits per heavy atom. The van der Waals surface area contributed by atoms with Gasteiger partial charge in [-0.15, -0.1) is 0 Å². The molecule has 0 aliphatic carbocycles. The van der Waals surface area contributed by atoms with Crippen LogP contribution in [-0.2, 0) is 16.0 Å². The summed E-state index contributed by atoms with van der Waals surface area (Å²) in [4.78, 5) is 24.2. The average molecular weight is 364 g/mol. The molecule has 0 unspecified atom stereocenters. The van der Waals surface area contributed by atoms with E-state index in [1.165, 1.54) is 0 Å². The first-order valence-corrected chi connectivity index (χ1v) is 8.36. The number of carbonyl (C=O) groups excluding carboxylic acids is 2. The summed E-state index contributed by atoms with van der Waals surface area (Å²) in [7, 11) is 0. The Labute approximate surface area is 155 Å². The highest BCUT2D eigenvalue weighted by atomic mass is 16.7. The third kappa shape index (κ3) is 3.82. The highest BCUT2D eigenvalue weighted by molar-refractivity contribution is 5.98. The lowest BCUT2D eigenvalue weighted by molar-refractivity contribution is -0.141. The predicted molar refractivity (Wildman–Crippen MR) is 95.1 cm³/mol. The van der Waals surface area contributed by atoms with Gasteiger partial charge in [-0.1, -0.05) is 18.2 Å². The molecule has 27 heavy (non-hydrogen) atoms. The summed E-state index contributed by atoms with van der Waals surface area (Å²) in [6.45, 7) is -0.191. The number of hydrogen-bond donors (Lipinski definition) is 0. The molecule has 0 saturated carbocycles. The fraction of sp³-hybridized carbons (Fsp3) is 0.150. The van der Waals surface area contributed by atoms with E-state index in [4.69, 9.17) is 14.2 Å². The van der Waals surface area contributed by atoms with Gasteiger partial charge in [-0.2, -0.15) is 5.10 Å². The van der Waals surface area contributed by atoms with Crippen LogP contribution < -0.4 is 9.47 Å². The Kier molecular flexibility index (Phi) is 4.57. The number of Topliss-reactive ketones (excluding diaryl/α,β-unsaturated/α-hetero) is 1. The van der Waals surface area contributed by atoms with Gasteiger partial charge in [0, 0.05) is 17.3 Å². The van der Waals surface area contributed by atoms with E-state index in [2.05, 4.69) is 5.10 Å². The number of ketones is 1. The molecule has 2 heterocycles. The molecule has 0 spiro atoms. The van der Waals surface area contributed by atoms with Crippen LogP contribution in [0.1, 0.15) is 15.9 Å².